The summed E-state index contributed by atoms with van der Waals surface area (Å²) in [7, 11) is 0. The molecule has 0 aliphatic carbocycles. The molecule has 31 heavy (non-hydrogen) atoms. The number of carbonyl (C=O) groups is 1. The van der Waals surface area contributed by atoms with Crippen molar-refractivity contribution in [2.45, 2.75) is 32.9 Å². The van der Waals surface area contributed by atoms with Crippen LogP contribution in [0.1, 0.15) is 29.1 Å². The molecule has 1 aliphatic rings. The van der Waals surface area contributed by atoms with Crippen LogP contribution in [-0.4, -0.2) is 62.1 Å². The molecule has 3 aromatic rings. The predicted octanol–water partition coefficient (Wildman–Crippen LogP) is 2.49. The number of rotatable bonds is 7. The van der Waals surface area contributed by atoms with Crippen molar-refractivity contribution >= 4 is 17.5 Å². The van der Waals surface area contributed by atoms with Crippen LogP contribution in [-0.2, 0) is 22.5 Å². The Labute approximate surface area is 185 Å². The van der Waals surface area contributed by atoms with Gasteiger partial charge in [0.15, 0.2) is 0 Å². The lowest BCUT2D eigenvalue weighted by Crippen LogP contribution is -2.44. The Morgan fingerprint density at radius 3 is 2.87 bits per heavy atom. The Hall–Kier alpha value is -2.91. The van der Waals surface area contributed by atoms with Gasteiger partial charge >= 0.3 is 0 Å². The Bertz CT molecular complexity index is 1030. The highest BCUT2D eigenvalue weighted by molar-refractivity contribution is 6.30. The van der Waals surface area contributed by atoms with Gasteiger partial charge in [-0.1, -0.05) is 11.6 Å². The second-order valence-electron chi connectivity index (χ2n) is 7.43. The number of H-pyrrole nitrogens is 1. The van der Waals surface area contributed by atoms with E-state index < -0.39 is 0 Å². The number of morpholine rings is 1. The summed E-state index contributed by atoms with van der Waals surface area (Å²) in [5.41, 5.74) is 1.73. The van der Waals surface area contributed by atoms with Crippen LogP contribution in [0.5, 0.6) is 5.75 Å². The largest absolute Gasteiger partial charge is 0.493 e. The van der Waals surface area contributed by atoms with E-state index in [9.17, 15) is 4.79 Å². The molecule has 0 radical (unpaired) electrons. The molecule has 9 nitrogen and oxygen atoms in total. The van der Waals surface area contributed by atoms with Crippen LogP contribution in [0.25, 0.3) is 0 Å². The molecule has 1 fully saturated rings. The van der Waals surface area contributed by atoms with Crippen molar-refractivity contribution in [2.24, 2.45) is 0 Å². The third-order valence-electron chi connectivity index (χ3n) is 5.10. The van der Waals surface area contributed by atoms with Gasteiger partial charge in [-0.25, -0.2) is 9.67 Å². The minimum Gasteiger partial charge on any atom is -0.493 e. The predicted molar refractivity (Wildman–Crippen MR) is 114 cm³/mol. The van der Waals surface area contributed by atoms with Crippen molar-refractivity contribution in [3.05, 3.63) is 58.4 Å². The lowest BCUT2D eigenvalue weighted by Gasteiger charge is -2.32. The van der Waals surface area contributed by atoms with Gasteiger partial charge in [0.2, 0.25) is 5.91 Å². The molecular formula is C21H25ClN6O3. The molecule has 1 amide bonds. The fourth-order valence-electron chi connectivity index (χ4n) is 3.48. The van der Waals surface area contributed by atoms with E-state index in [1.165, 1.54) is 0 Å². The van der Waals surface area contributed by atoms with Crippen LogP contribution in [0.4, 0.5) is 0 Å². The Kier molecular flexibility index (Phi) is 6.53. The summed E-state index contributed by atoms with van der Waals surface area (Å²) >= 11 is 5.88. The first-order valence-corrected chi connectivity index (χ1v) is 10.6. The van der Waals surface area contributed by atoms with E-state index in [4.69, 9.17) is 21.1 Å². The second kappa shape index (κ2) is 9.49. The summed E-state index contributed by atoms with van der Waals surface area (Å²) in [6, 6.07) is 9.23. The average molecular weight is 445 g/mol. The number of nitrogens with zero attached hydrogens (tertiary/aromatic N) is 5. The van der Waals surface area contributed by atoms with Gasteiger partial charge in [-0.15, -0.1) is 0 Å². The summed E-state index contributed by atoms with van der Waals surface area (Å²) in [6.45, 7) is 5.81. The number of hydrogen-bond donors (Lipinski definition) is 1. The standard InChI is InChI=1S/C21H25ClN6O3/c1-14-23-15(2)28(26-14)13-21(29)27-8-10-31-20(12-27)19-11-17(24-25-19)7-9-30-18-5-3-16(22)4-6-18/h3-6,11,20H,7-10,12-13H2,1-2H3,(H,24,25)/t20-/m1/s1. The fourth-order valence-corrected chi connectivity index (χ4v) is 3.60. The molecule has 10 heteroatoms. The number of carbonyl (C=O) groups excluding carboxylic acids is 1. The Balaban J connectivity index is 1.30. The minimum atomic E-state index is -0.265. The third-order valence-corrected chi connectivity index (χ3v) is 5.35. The fraction of sp³-hybridized carbons (Fsp3) is 0.429. The first-order valence-electron chi connectivity index (χ1n) is 10.2. The Morgan fingerprint density at radius 1 is 1.32 bits per heavy atom. The lowest BCUT2D eigenvalue weighted by atomic mass is 10.2. The number of amides is 1. The molecule has 1 N–H and O–H groups in total. The number of aromatic nitrogens is 5. The Morgan fingerprint density at radius 2 is 2.13 bits per heavy atom. The molecule has 164 valence electrons. The molecular weight excluding hydrogens is 420 g/mol. The smallest absolute Gasteiger partial charge is 0.244 e. The normalized spacial score (nSPS) is 16.5. The second-order valence-corrected chi connectivity index (χ2v) is 7.87. The van der Waals surface area contributed by atoms with E-state index in [2.05, 4.69) is 20.3 Å². The van der Waals surface area contributed by atoms with Gasteiger partial charge in [-0.3, -0.25) is 9.89 Å². The van der Waals surface area contributed by atoms with Crippen LogP contribution in [0.3, 0.4) is 0 Å². The summed E-state index contributed by atoms with van der Waals surface area (Å²) in [5.74, 6) is 2.16. The van der Waals surface area contributed by atoms with Gasteiger partial charge in [0.1, 0.15) is 30.0 Å². The van der Waals surface area contributed by atoms with Crippen LogP contribution in [0.2, 0.25) is 5.02 Å². The van der Waals surface area contributed by atoms with Crippen molar-refractivity contribution in [3.63, 3.8) is 0 Å². The quantitative estimate of drug-likeness (QED) is 0.601. The van der Waals surface area contributed by atoms with Crippen LogP contribution in [0.15, 0.2) is 30.3 Å². The summed E-state index contributed by atoms with van der Waals surface area (Å²) < 4.78 is 13.2. The molecule has 1 aliphatic heterocycles. The number of benzene rings is 1. The van der Waals surface area contributed by atoms with Gasteiger partial charge in [0, 0.05) is 23.7 Å². The minimum absolute atomic E-state index is 0.00609. The first kappa shape index (κ1) is 21.3. The molecule has 1 aromatic carbocycles. The molecule has 0 spiro atoms. The average Bonchev–Trinajstić information content (AvgIpc) is 3.35. The van der Waals surface area contributed by atoms with Gasteiger partial charge < -0.3 is 14.4 Å². The topological polar surface area (TPSA) is 98.2 Å². The van der Waals surface area contributed by atoms with Gasteiger partial charge in [0.05, 0.1) is 25.5 Å². The summed E-state index contributed by atoms with van der Waals surface area (Å²) in [6.07, 6.45) is 0.411. The van der Waals surface area contributed by atoms with Gasteiger partial charge in [-0.05, 0) is 44.2 Å². The van der Waals surface area contributed by atoms with Crippen molar-refractivity contribution in [1.29, 1.82) is 0 Å². The maximum absolute atomic E-state index is 12.7. The molecule has 4 rings (SSSR count). The van der Waals surface area contributed by atoms with E-state index in [0.717, 1.165) is 23.0 Å². The van der Waals surface area contributed by atoms with E-state index >= 15 is 0 Å². The molecule has 0 saturated carbocycles. The highest BCUT2D eigenvalue weighted by Gasteiger charge is 2.27. The number of halogens is 1. The lowest BCUT2D eigenvalue weighted by molar-refractivity contribution is -0.140. The van der Waals surface area contributed by atoms with Gasteiger partial charge in [0.25, 0.3) is 0 Å². The molecule has 0 unspecified atom stereocenters. The monoisotopic (exact) mass is 444 g/mol. The molecule has 1 atom stereocenters. The molecule has 3 heterocycles. The van der Waals surface area contributed by atoms with E-state index in [1.807, 2.05) is 32.0 Å². The van der Waals surface area contributed by atoms with Crippen molar-refractivity contribution < 1.29 is 14.3 Å². The van der Waals surface area contributed by atoms with E-state index in [0.29, 0.717) is 43.6 Å². The van der Waals surface area contributed by atoms with Crippen molar-refractivity contribution in [2.75, 3.05) is 26.3 Å². The third kappa shape index (κ3) is 5.42. The van der Waals surface area contributed by atoms with Gasteiger partial charge in [-0.2, -0.15) is 10.2 Å². The zero-order valence-corrected chi connectivity index (χ0v) is 18.3. The zero-order valence-electron chi connectivity index (χ0n) is 17.5. The van der Waals surface area contributed by atoms with Crippen LogP contribution < -0.4 is 4.74 Å². The SMILES string of the molecule is Cc1nc(C)n(CC(=O)N2CCO[C@@H](c3cc(CCOc4ccc(Cl)cc4)[nH]n3)C2)n1. The number of aryl methyl sites for hydroxylation is 2. The number of nitrogens with one attached hydrogen (secondary N) is 1. The van der Waals surface area contributed by atoms with Crippen LogP contribution >= 0.6 is 11.6 Å². The molecule has 1 saturated heterocycles. The molecule has 0 bridgehead atoms. The summed E-state index contributed by atoms with van der Waals surface area (Å²) in [5, 5.41) is 12.4. The maximum atomic E-state index is 12.7. The number of aromatic amines is 1. The number of ether oxygens (including phenoxy) is 2. The van der Waals surface area contributed by atoms with Crippen molar-refractivity contribution in [3.8, 4) is 5.75 Å². The number of hydrogen-bond acceptors (Lipinski definition) is 6. The summed E-state index contributed by atoms with van der Waals surface area (Å²) in [4.78, 5) is 18.8. The highest BCUT2D eigenvalue weighted by atomic mass is 35.5. The zero-order chi connectivity index (χ0) is 21.8. The van der Waals surface area contributed by atoms with E-state index in [-0.39, 0.29) is 18.6 Å². The maximum Gasteiger partial charge on any atom is 0.244 e. The van der Waals surface area contributed by atoms with Crippen molar-refractivity contribution in [1.82, 2.24) is 29.9 Å². The van der Waals surface area contributed by atoms with E-state index in [1.54, 1.807) is 21.7 Å². The highest BCUT2D eigenvalue weighted by Crippen LogP contribution is 2.22. The molecule has 2 aromatic heterocycles. The first-order chi connectivity index (χ1) is 15.0. The van der Waals surface area contributed by atoms with Crippen LogP contribution in [0, 0.1) is 13.8 Å².